The minimum absolute atomic E-state index is 0.0795. The maximum atomic E-state index is 12.8. The van der Waals surface area contributed by atoms with Crippen LogP contribution in [0.3, 0.4) is 0 Å². The topological polar surface area (TPSA) is 98.2 Å². The van der Waals surface area contributed by atoms with Crippen LogP contribution < -0.4 is 5.32 Å². The lowest BCUT2D eigenvalue weighted by Gasteiger charge is -2.16. The lowest BCUT2D eigenvalue weighted by atomic mass is 10.0. The molecule has 0 radical (unpaired) electrons. The van der Waals surface area contributed by atoms with Crippen LogP contribution in [-0.4, -0.2) is 36.7 Å². The number of aromatic nitrogens is 5. The van der Waals surface area contributed by atoms with Gasteiger partial charge in [0.25, 0.3) is 5.91 Å². The fourth-order valence-electron chi connectivity index (χ4n) is 3.88. The van der Waals surface area contributed by atoms with Crippen LogP contribution in [0.1, 0.15) is 52.8 Å². The van der Waals surface area contributed by atoms with Crippen molar-refractivity contribution in [2.24, 2.45) is 5.92 Å². The quantitative estimate of drug-likeness (QED) is 0.771. The average molecular weight is 354 g/mol. The van der Waals surface area contributed by atoms with Gasteiger partial charge in [-0.3, -0.25) is 4.79 Å². The minimum atomic E-state index is -0.0795. The van der Waals surface area contributed by atoms with Crippen LogP contribution in [-0.2, 0) is 6.42 Å². The Hall–Kier alpha value is -2.77. The van der Waals surface area contributed by atoms with E-state index in [1.54, 1.807) is 17.6 Å². The van der Waals surface area contributed by atoms with Gasteiger partial charge in [-0.2, -0.15) is 5.10 Å². The van der Waals surface area contributed by atoms with E-state index in [1.165, 1.54) is 0 Å². The summed E-state index contributed by atoms with van der Waals surface area (Å²) in [6.45, 7) is 5.56. The molecule has 0 bridgehead atoms. The molecule has 1 N–H and O–H groups in total. The number of rotatable bonds is 4. The first kappa shape index (κ1) is 16.7. The third-order valence-electron chi connectivity index (χ3n) is 5.08. The van der Waals surface area contributed by atoms with Crippen molar-refractivity contribution in [1.82, 2.24) is 30.1 Å². The summed E-state index contributed by atoms with van der Waals surface area (Å²) in [7, 11) is 0. The Morgan fingerprint density at radius 2 is 2.15 bits per heavy atom. The summed E-state index contributed by atoms with van der Waals surface area (Å²) in [5.41, 5.74) is 2.90. The maximum Gasteiger partial charge on any atom is 0.255 e. The molecule has 1 aliphatic rings. The second kappa shape index (κ2) is 6.51. The molecule has 1 amide bonds. The van der Waals surface area contributed by atoms with E-state index in [2.05, 4.69) is 25.6 Å². The fraction of sp³-hybridized carbons (Fsp3) is 0.500. The van der Waals surface area contributed by atoms with Gasteiger partial charge in [0.2, 0.25) is 11.8 Å². The predicted octanol–water partition coefficient (Wildman–Crippen LogP) is 2.18. The van der Waals surface area contributed by atoms with E-state index >= 15 is 0 Å². The summed E-state index contributed by atoms with van der Waals surface area (Å²) in [4.78, 5) is 17.3. The maximum absolute atomic E-state index is 12.8. The van der Waals surface area contributed by atoms with Crippen LogP contribution in [0.25, 0.3) is 5.65 Å². The van der Waals surface area contributed by atoms with E-state index < -0.39 is 0 Å². The van der Waals surface area contributed by atoms with E-state index in [9.17, 15) is 4.79 Å². The highest BCUT2D eigenvalue weighted by molar-refractivity contribution is 5.96. The summed E-state index contributed by atoms with van der Waals surface area (Å²) >= 11 is 0. The number of aryl methyl sites for hydroxylation is 3. The van der Waals surface area contributed by atoms with E-state index in [0.717, 1.165) is 42.7 Å². The van der Waals surface area contributed by atoms with Crippen LogP contribution in [0.2, 0.25) is 0 Å². The Kier molecular flexibility index (Phi) is 4.18. The van der Waals surface area contributed by atoms with E-state index in [1.807, 2.05) is 19.9 Å². The highest BCUT2D eigenvalue weighted by Crippen LogP contribution is 2.29. The van der Waals surface area contributed by atoms with Crippen molar-refractivity contribution in [2.75, 3.05) is 0 Å². The van der Waals surface area contributed by atoms with Gasteiger partial charge in [0.1, 0.15) is 0 Å². The molecule has 0 aromatic carbocycles. The molecule has 0 saturated heterocycles. The summed E-state index contributed by atoms with van der Waals surface area (Å²) in [5.74, 6) is 1.65. The molecule has 8 heteroatoms. The van der Waals surface area contributed by atoms with Gasteiger partial charge in [-0.1, -0.05) is 0 Å². The molecule has 26 heavy (non-hydrogen) atoms. The summed E-state index contributed by atoms with van der Waals surface area (Å²) in [6.07, 6.45) is 5.38. The molecule has 136 valence electrons. The molecule has 3 aromatic rings. The van der Waals surface area contributed by atoms with Crippen molar-refractivity contribution >= 4 is 11.6 Å². The molecular weight excluding hydrogens is 332 g/mol. The normalized spacial score (nSPS) is 20.0. The zero-order valence-corrected chi connectivity index (χ0v) is 15.2. The van der Waals surface area contributed by atoms with E-state index in [0.29, 0.717) is 23.3 Å². The number of carbonyl (C=O) groups excluding carboxylic acids is 1. The predicted molar refractivity (Wildman–Crippen MR) is 93.8 cm³/mol. The zero-order chi connectivity index (χ0) is 18.3. The number of fused-ring (bicyclic) bond motifs is 1. The number of nitrogens with one attached hydrogen (secondary N) is 1. The Bertz CT molecular complexity index is 960. The van der Waals surface area contributed by atoms with Crippen molar-refractivity contribution in [1.29, 1.82) is 0 Å². The Morgan fingerprint density at radius 3 is 2.92 bits per heavy atom. The van der Waals surface area contributed by atoms with Gasteiger partial charge in [-0.15, -0.1) is 10.2 Å². The van der Waals surface area contributed by atoms with Crippen LogP contribution in [0.4, 0.5) is 0 Å². The van der Waals surface area contributed by atoms with Gasteiger partial charge < -0.3 is 9.73 Å². The van der Waals surface area contributed by atoms with Crippen LogP contribution in [0.5, 0.6) is 0 Å². The smallest absolute Gasteiger partial charge is 0.255 e. The monoisotopic (exact) mass is 354 g/mol. The first-order chi connectivity index (χ1) is 12.5. The van der Waals surface area contributed by atoms with Crippen LogP contribution >= 0.6 is 0 Å². The molecule has 3 heterocycles. The largest absolute Gasteiger partial charge is 0.426 e. The van der Waals surface area contributed by atoms with Crippen molar-refractivity contribution in [3.8, 4) is 0 Å². The highest BCUT2D eigenvalue weighted by Gasteiger charge is 2.29. The SMILES string of the molecule is Cc1nnc(C[C@@H]2CC[C@H](NC(=O)c3c(C)nc4ccnn4c3C)C2)o1. The first-order valence-corrected chi connectivity index (χ1v) is 8.92. The van der Waals surface area contributed by atoms with Crippen molar-refractivity contribution < 1.29 is 9.21 Å². The summed E-state index contributed by atoms with van der Waals surface area (Å²) in [5, 5.41) is 15.4. The van der Waals surface area contributed by atoms with Gasteiger partial charge in [0.05, 0.1) is 23.1 Å². The summed E-state index contributed by atoms with van der Waals surface area (Å²) in [6, 6.07) is 1.99. The van der Waals surface area contributed by atoms with E-state index in [4.69, 9.17) is 4.42 Å². The Labute approximate surface area is 151 Å². The van der Waals surface area contributed by atoms with E-state index in [-0.39, 0.29) is 11.9 Å². The molecular formula is C18H22N6O2. The van der Waals surface area contributed by atoms with Crippen molar-refractivity contribution in [3.05, 3.63) is 41.0 Å². The number of carbonyl (C=O) groups is 1. The first-order valence-electron chi connectivity index (χ1n) is 8.92. The molecule has 0 unspecified atom stereocenters. The highest BCUT2D eigenvalue weighted by atomic mass is 16.4. The average Bonchev–Trinajstić information content (AvgIpc) is 3.30. The molecule has 0 spiro atoms. The second-order valence-corrected chi connectivity index (χ2v) is 7.03. The Morgan fingerprint density at radius 1 is 1.31 bits per heavy atom. The van der Waals surface area contributed by atoms with Crippen molar-refractivity contribution in [3.63, 3.8) is 0 Å². The molecule has 1 saturated carbocycles. The molecule has 2 atom stereocenters. The third kappa shape index (κ3) is 3.07. The van der Waals surface area contributed by atoms with Gasteiger partial charge >= 0.3 is 0 Å². The zero-order valence-electron chi connectivity index (χ0n) is 15.2. The lowest BCUT2D eigenvalue weighted by molar-refractivity contribution is 0.0934. The fourth-order valence-corrected chi connectivity index (χ4v) is 3.88. The molecule has 4 rings (SSSR count). The third-order valence-corrected chi connectivity index (χ3v) is 5.08. The van der Waals surface area contributed by atoms with Gasteiger partial charge in [-0.05, 0) is 39.0 Å². The molecule has 3 aromatic heterocycles. The van der Waals surface area contributed by atoms with Crippen molar-refractivity contribution in [2.45, 2.75) is 52.5 Å². The van der Waals surface area contributed by atoms with Gasteiger partial charge in [0.15, 0.2) is 5.65 Å². The minimum Gasteiger partial charge on any atom is -0.426 e. The second-order valence-electron chi connectivity index (χ2n) is 7.03. The molecule has 0 aliphatic heterocycles. The number of hydrogen-bond acceptors (Lipinski definition) is 6. The molecule has 1 fully saturated rings. The molecule has 8 nitrogen and oxygen atoms in total. The number of hydrogen-bond donors (Lipinski definition) is 1. The number of amides is 1. The van der Waals surface area contributed by atoms with Crippen LogP contribution in [0, 0.1) is 26.7 Å². The number of nitrogens with zero attached hydrogens (tertiary/aromatic N) is 5. The Balaban J connectivity index is 1.44. The van der Waals surface area contributed by atoms with Gasteiger partial charge in [-0.25, -0.2) is 9.50 Å². The molecule has 1 aliphatic carbocycles. The lowest BCUT2D eigenvalue weighted by Crippen LogP contribution is -2.34. The van der Waals surface area contributed by atoms with Gasteiger partial charge in [0, 0.05) is 25.5 Å². The summed E-state index contributed by atoms with van der Waals surface area (Å²) < 4.78 is 7.17. The standard InChI is InChI=1S/C18H22N6O2/c1-10-17(11(2)24-15(20-10)6-7-19-24)18(25)21-14-5-4-13(8-14)9-16-23-22-12(3)26-16/h6-7,13-14H,4-5,8-9H2,1-3H3,(H,21,25)/t13-,14+/m1/s1. The van der Waals surface area contributed by atoms with Crippen LogP contribution in [0.15, 0.2) is 16.7 Å².